The first-order valence-electron chi connectivity index (χ1n) is 17.0. The van der Waals surface area contributed by atoms with Gasteiger partial charge < -0.3 is 31.3 Å². The summed E-state index contributed by atoms with van der Waals surface area (Å²) in [6.07, 6.45) is 6.34. The smallest absolute Gasteiger partial charge is 0.409 e. The van der Waals surface area contributed by atoms with Crippen molar-refractivity contribution in [2.24, 2.45) is 17.6 Å². The van der Waals surface area contributed by atoms with Gasteiger partial charge in [0.05, 0.1) is 6.04 Å². The summed E-state index contributed by atoms with van der Waals surface area (Å²) in [5, 5.41) is 8.16. The molecule has 1 aliphatic rings. The Hall–Kier alpha value is -4.75. The van der Waals surface area contributed by atoms with Gasteiger partial charge in [-0.3, -0.25) is 28.9 Å². The van der Waals surface area contributed by atoms with E-state index in [-0.39, 0.29) is 74.3 Å². The number of nitrogens with two attached hydrogens (primary N) is 1. The molecule has 270 valence electrons. The summed E-state index contributed by atoms with van der Waals surface area (Å²) >= 11 is 0. The van der Waals surface area contributed by atoms with Crippen LogP contribution in [0.15, 0.2) is 36.4 Å². The molecule has 0 aromatic heterocycles. The van der Waals surface area contributed by atoms with Gasteiger partial charge in [0.2, 0.25) is 11.8 Å². The fraction of sp³-hybridized carbons (Fsp3) is 0.571. The number of unbranched alkanes of at least 4 members (excludes halogenated alkanes) is 3. The number of ether oxygens (including phenoxy) is 1. The Labute approximate surface area is 288 Å². The molecule has 14 heteroatoms. The van der Waals surface area contributed by atoms with Crippen molar-refractivity contribution in [3.05, 3.63) is 42.0 Å². The van der Waals surface area contributed by atoms with Gasteiger partial charge in [-0.25, -0.2) is 9.59 Å². The van der Waals surface area contributed by atoms with E-state index in [9.17, 15) is 33.6 Å². The molecular weight excluding hydrogens is 632 g/mol. The van der Waals surface area contributed by atoms with E-state index in [1.165, 1.54) is 17.1 Å². The minimum absolute atomic E-state index is 0.0775. The lowest BCUT2D eigenvalue weighted by Gasteiger charge is -2.24. The first-order valence-corrected chi connectivity index (χ1v) is 17.0. The van der Waals surface area contributed by atoms with Crippen LogP contribution in [0.25, 0.3) is 0 Å². The number of Topliss-reactive ketones (excluding diaryl/α,β-unsaturated/α-hetero) is 1. The molecule has 7 amide bonds. The Morgan fingerprint density at radius 1 is 0.939 bits per heavy atom. The molecule has 1 aliphatic heterocycles. The van der Waals surface area contributed by atoms with E-state index in [1.807, 2.05) is 20.8 Å². The molecule has 49 heavy (non-hydrogen) atoms. The number of carbonyl (C=O) groups is 7. The zero-order valence-corrected chi connectivity index (χ0v) is 29.1. The fourth-order valence-corrected chi connectivity index (χ4v) is 5.17. The number of nitrogens with zero attached hydrogens (tertiary/aromatic N) is 2. The van der Waals surface area contributed by atoms with Crippen LogP contribution in [0.4, 0.5) is 15.3 Å². The Kier molecular flexibility index (Phi) is 17.5. The van der Waals surface area contributed by atoms with Crippen LogP contribution in [-0.4, -0.2) is 84.1 Å². The summed E-state index contributed by atoms with van der Waals surface area (Å²) in [5.41, 5.74) is 6.40. The normalized spacial score (nSPS) is 13.6. The molecule has 0 fully saturated rings. The number of rotatable bonds is 22. The summed E-state index contributed by atoms with van der Waals surface area (Å²) in [7, 11) is 1.69. The SMILES string of the molecule is CCCCN(C)C(=O)OCc1ccc(NC(=O)[C@H](CCCNC(N)=O)CC(=O)[C@@H](NC(=O)CCCCCN2C(=O)C=CC2=O)C(C)C)cc1. The highest BCUT2D eigenvalue weighted by atomic mass is 16.6. The van der Waals surface area contributed by atoms with Crippen molar-refractivity contribution < 1.29 is 38.3 Å². The summed E-state index contributed by atoms with van der Waals surface area (Å²) < 4.78 is 5.36. The van der Waals surface area contributed by atoms with Crippen LogP contribution in [0.1, 0.15) is 84.1 Å². The van der Waals surface area contributed by atoms with Gasteiger partial charge in [-0.05, 0) is 55.7 Å². The number of anilines is 1. The van der Waals surface area contributed by atoms with Gasteiger partial charge >= 0.3 is 12.1 Å². The molecule has 0 saturated carbocycles. The molecule has 0 unspecified atom stereocenters. The molecule has 2 rings (SSSR count). The van der Waals surface area contributed by atoms with Gasteiger partial charge in [0.15, 0.2) is 5.78 Å². The number of hydrogen-bond donors (Lipinski definition) is 4. The summed E-state index contributed by atoms with van der Waals surface area (Å²) in [6.45, 7) is 6.88. The molecule has 2 atom stereocenters. The summed E-state index contributed by atoms with van der Waals surface area (Å²) in [5.74, 6) is -2.62. The second-order valence-corrected chi connectivity index (χ2v) is 12.6. The third-order valence-corrected chi connectivity index (χ3v) is 8.11. The largest absolute Gasteiger partial charge is 0.445 e. The van der Waals surface area contributed by atoms with E-state index in [0.717, 1.165) is 23.3 Å². The average molecular weight is 685 g/mol. The van der Waals surface area contributed by atoms with Crippen molar-refractivity contribution in [1.82, 2.24) is 20.4 Å². The number of carbonyl (C=O) groups excluding carboxylic acids is 7. The number of nitrogens with one attached hydrogen (secondary N) is 3. The van der Waals surface area contributed by atoms with Crippen LogP contribution in [0.5, 0.6) is 0 Å². The molecule has 0 radical (unpaired) electrons. The van der Waals surface area contributed by atoms with Crippen molar-refractivity contribution in [3.63, 3.8) is 0 Å². The number of ketones is 1. The molecule has 1 aromatic rings. The van der Waals surface area contributed by atoms with Crippen LogP contribution >= 0.6 is 0 Å². The predicted molar refractivity (Wildman–Crippen MR) is 184 cm³/mol. The second kappa shape index (κ2) is 21.3. The predicted octanol–water partition coefficient (Wildman–Crippen LogP) is 3.64. The Balaban J connectivity index is 1.94. The van der Waals surface area contributed by atoms with Crippen molar-refractivity contribution in [2.75, 3.05) is 32.0 Å². The highest BCUT2D eigenvalue weighted by molar-refractivity contribution is 6.12. The fourth-order valence-electron chi connectivity index (χ4n) is 5.17. The number of imide groups is 1. The second-order valence-electron chi connectivity index (χ2n) is 12.6. The maximum absolute atomic E-state index is 13.5. The molecule has 1 heterocycles. The first-order chi connectivity index (χ1) is 23.3. The quantitative estimate of drug-likeness (QED) is 0.105. The van der Waals surface area contributed by atoms with Crippen molar-refractivity contribution in [1.29, 1.82) is 0 Å². The van der Waals surface area contributed by atoms with Gasteiger partial charge in [-0.2, -0.15) is 0 Å². The molecular formula is C35H52N6O8. The number of primary amides is 1. The Morgan fingerprint density at radius 2 is 1.61 bits per heavy atom. The molecule has 5 N–H and O–H groups in total. The maximum atomic E-state index is 13.5. The molecule has 0 bridgehead atoms. The third-order valence-electron chi connectivity index (χ3n) is 8.11. The van der Waals surface area contributed by atoms with Gasteiger partial charge in [0, 0.05) is 63.3 Å². The molecule has 0 saturated heterocycles. The zero-order chi connectivity index (χ0) is 36.3. The maximum Gasteiger partial charge on any atom is 0.409 e. The molecule has 14 nitrogen and oxygen atoms in total. The number of benzene rings is 1. The van der Waals surface area contributed by atoms with Crippen molar-refractivity contribution >= 4 is 47.2 Å². The molecule has 0 aliphatic carbocycles. The monoisotopic (exact) mass is 684 g/mol. The number of urea groups is 1. The van der Waals surface area contributed by atoms with Crippen LogP contribution in [0.2, 0.25) is 0 Å². The van der Waals surface area contributed by atoms with E-state index >= 15 is 0 Å². The van der Waals surface area contributed by atoms with E-state index in [0.29, 0.717) is 37.9 Å². The first kappa shape index (κ1) is 40.4. The standard InChI is InChI=1S/C35H52N6O8/c1-5-6-20-40(4)35(48)49-23-25-13-15-27(16-14-25)38-33(46)26(11-10-19-37-34(36)47)22-28(42)32(24(2)3)39-29(43)12-8-7-9-21-41-30(44)17-18-31(41)45/h13-18,24,26,32H,5-12,19-23H2,1-4H3,(H,38,46)(H,39,43)(H3,36,37,47)/t26-,32+/m1/s1. The van der Waals surface area contributed by atoms with Crippen LogP contribution in [0.3, 0.4) is 0 Å². The van der Waals surface area contributed by atoms with Crippen molar-refractivity contribution in [2.45, 2.75) is 91.2 Å². The summed E-state index contributed by atoms with van der Waals surface area (Å²) in [4.78, 5) is 89.0. The van der Waals surface area contributed by atoms with E-state index in [4.69, 9.17) is 10.5 Å². The van der Waals surface area contributed by atoms with Crippen molar-refractivity contribution in [3.8, 4) is 0 Å². The third kappa shape index (κ3) is 14.9. The van der Waals surface area contributed by atoms with E-state index in [1.54, 1.807) is 31.3 Å². The lowest BCUT2D eigenvalue weighted by molar-refractivity contribution is -0.137. The highest BCUT2D eigenvalue weighted by Gasteiger charge is 2.29. The Bertz CT molecular complexity index is 1310. The van der Waals surface area contributed by atoms with Gasteiger partial charge in [0.1, 0.15) is 6.61 Å². The minimum atomic E-state index is -0.805. The lowest BCUT2D eigenvalue weighted by Crippen LogP contribution is -2.45. The van der Waals surface area contributed by atoms with Crippen LogP contribution < -0.4 is 21.7 Å². The van der Waals surface area contributed by atoms with E-state index in [2.05, 4.69) is 16.0 Å². The lowest BCUT2D eigenvalue weighted by atomic mass is 9.89. The Morgan fingerprint density at radius 3 is 2.22 bits per heavy atom. The van der Waals surface area contributed by atoms with Crippen LogP contribution in [0, 0.1) is 11.8 Å². The topological polar surface area (TPSA) is 197 Å². The molecule has 1 aromatic carbocycles. The van der Waals surface area contributed by atoms with E-state index < -0.39 is 24.1 Å². The number of amides is 7. The van der Waals surface area contributed by atoms with Gasteiger partial charge in [0.25, 0.3) is 11.8 Å². The highest BCUT2D eigenvalue weighted by Crippen LogP contribution is 2.20. The summed E-state index contributed by atoms with van der Waals surface area (Å²) in [6, 6.07) is 5.35. The zero-order valence-electron chi connectivity index (χ0n) is 29.1. The van der Waals surface area contributed by atoms with Gasteiger partial charge in [-0.1, -0.05) is 45.7 Å². The van der Waals surface area contributed by atoms with Gasteiger partial charge in [-0.15, -0.1) is 0 Å². The number of hydrogen-bond acceptors (Lipinski definition) is 8. The average Bonchev–Trinajstić information content (AvgIpc) is 3.38. The van der Waals surface area contributed by atoms with Crippen LogP contribution in [-0.2, 0) is 35.3 Å². The minimum Gasteiger partial charge on any atom is -0.445 e. The molecule has 0 spiro atoms.